The number of rotatable bonds is 4. The molecule has 0 atom stereocenters. The molecule has 0 radical (unpaired) electrons. The lowest BCUT2D eigenvalue weighted by Crippen LogP contribution is -2.25. The molecule has 1 amide bonds. The molecule has 3 aromatic rings. The minimum absolute atomic E-state index is 0.108. The normalized spacial score (nSPS) is 14.9. The fourth-order valence-electron chi connectivity index (χ4n) is 3.13. The average molecular weight is 396 g/mol. The van der Waals surface area contributed by atoms with Gasteiger partial charge in [-0.15, -0.1) is 0 Å². The zero-order valence-electron chi connectivity index (χ0n) is 15.1. The van der Waals surface area contributed by atoms with Gasteiger partial charge in [0, 0.05) is 11.3 Å². The molecule has 4 rings (SSSR count). The third-order valence-electron chi connectivity index (χ3n) is 4.46. The Labute approximate surface area is 164 Å². The van der Waals surface area contributed by atoms with Crippen LogP contribution in [0.1, 0.15) is 16.7 Å². The fourth-order valence-corrected chi connectivity index (χ4v) is 3.13. The first-order valence-corrected chi connectivity index (χ1v) is 8.80. The molecule has 1 aliphatic heterocycles. The maximum atomic E-state index is 13.0. The van der Waals surface area contributed by atoms with Crippen molar-refractivity contribution >= 4 is 23.0 Å². The van der Waals surface area contributed by atoms with E-state index in [0.29, 0.717) is 22.5 Å². The largest absolute Gasteiger partial charge is 0.416 e. The first-order valence-electron chi connectivity index (χ1n) is 8.80. The Bertz CT molecular complexity index is 1080. The summed E-state index contributed by atoms with van der Waals surface area (Å²) in [6.45, 7) is -0.186. The highest BCUT2D eigenvalue weighted by Crippen LogP contribution is 2.35. The van der Waals surface area contributed by atoms with E-state index in [-0.39, 0.29) is 18.2 Å². The maximum absolute atomic E-state index is 13.0. The van der Waals surface area contributed by atoms with Crippen LogP contribution in [0.4, 0.5) is 24.5 Å². The van der Waals surface area contributed by atoms with Crippen LogP contribution < -0.4 is 4.90 Å². The molecule has 3 aromatic carbocycles. The van der Waals surface area contributed by atoms with Gasteiger partial charge in [-0.05, 0) is 35.9 Å². The lowest BCUT2D eigenvalue weighted by Gasteiger charge is -2.16. The van der Waals surface area contributed by atoms with Crippen molar-refractivity contribution in [1.29, 1.82) is 0 Å². The van der Waals surface area contributed by atoms with Gasteiger partial charge in [-0.1, -0.05) is 53.7 Å². The molecule has 0 N–H and O–H groups in total. The van der Waals surface area contributed by atoms with Crippen LogP contribution >= 0.6 is 0 Å². The van der Waals surface area contributed by atoms with Gasteiger partial charge in [-0.3, -0.25) is 9.69 Å². The molecule has 0 saturated carbocycles. The molecule has 1 heterocycles. The van der Waals surface area contributed by atoms with Crippen LogP contribution in [0.2, 0.25) is 0 Å². The molecule has 0 spiro atoms. The van der Waals surface area contributed by atoms with Crippen molar-refractivity contribution in [3.63, 3.8) is 0 Å². The first kappa shape index (κ1) is 18.7. The van der Waals surface area contributed by atoms with Crippen molar-refractivity contribution in [2.24, 2.45) is 5.16 Å². The minimum atomic E-state index is -4.43. The second-order valence-corrected chi connectivity index (χ2v) is 6.40. The van der Waals surface area contributed by atoms with Crippen molar-refractivity contribution < 1.29 is 22.8 Å². The van der Waals surface area contributed by atoms with Crippen LogP contribution in [0.5, 0.6) is 0 Å². The van der Waals surface area contributed by atoms with E-state index < -0.39 is 11.7 Å². The molecule has 29 heavy (non-hydrogen) atoms. The van der Waals surface area contributed by atoms with E-state index in [0.717, 1.165) is 12.1 Å². The quantitative estimate of drug-likeness (QED) is 0.561. The number of para-hydroxylation sites is 2. The Balaban J connectivity index is 1.59. The van der Waals surface area contributed by atoms with Crippen LogP contribution in [0.15, 0.2) is 84.0 Å². The Morgan fingerprint density at radius 2 is 1.62 bits per heavy atom. The molecular formula is C22H15F3N2O2. The number of benzene rings is 3. The zero-order valence-corrected chi connectivity index (χ0v) is 15.1. The summed E-state index contributed by atoms with van der Waals surface area (Å²) in [6, 6.07) is 21.1. The molecule has 0 aliphatic carbocycles. The number of oxime groups is 1. The third-order valence-corrected chi connectivity index (χ3v) is 4.46. The number of alkyl halides is 3. The van der Waals surface area contributed by atoms with E-state index in [2.05, 4.69) is 5.16 Å². The predicted octanol–water partition coefficient (Wildman–Crippen LogP) is 5.30. The number of fused-ring (bicyclic) bond motifs is 1. The number of carbonyl (C=O) groups is 1. The molecule has 7 heteroatoms. The second-order valence-electron chi connectivity index (χ2n) is 6.40. The fraction of sp³-hybridized carbons (Fsp3) is 0.0909. The Morgan fingerprint density at radius 3 is 2.38 bits per heavy atom. The lowest BCUT2D eigenvalue weighted by atomic mass is 10.1. The second kappa shape index (κ2) is 7.43. The van der Waals surface area contributed by atoms with Crippen LogP contribution in [0.3, 0.4) is 0 Å². The summed E-state index contributed by atoms with van der Waals surface area (Å²) in [5.74, 6) is -0.360. The van der Waals surface area contributed by atoms with Gasteiger partial charge in [0.1, 0.15) is 6.61 Å². The number of anilines is 2. The third kappa shape index (κ3) is 3.71. The summed E-state index contributed by atoms with van der Waals surface area (Å²) < 4.78 is 38.5. The van der Waals surface area contributed by atoms with Crippen molar-refractivity contribution in [1.82, 2.24) is 0 Å². The van der Waals surface area contributed by atoms with E-state index >= 15 is 0 Å². The number of hydrogen-bond donors (Lipinski definition) is 0. The highest BCUT2D eigenvalue weighted by Gasteiger charge is 2.35. The Hall–Kier alpha value is -3.61. The molecular weight excluding hydrogens is 381 g/mol. The van der Waals surface area contributed by atoms with Crippen molar-refractivity contribution in [2.75, 3.05) is 4.90 Å². The van der Waals surface area contributed by atoms with Gasteiger partial charge in [0.2, 0.25) is 0 Å². The van der Waals surface area contributed by atoms with Crippen LogP contribution in [-0.2, 0) is 22.4 Å². The van der Waals surface area contributed by atoms with Crippen LogP contribution in [0, 0.1) is 0 Å². The van der Waals surface area contributed by atoms with Gasteiger partial charge in [0.15, 0.2) is 5.71 Å². The molecule has 146 valence electrons. The van der Waals surface area contributed by atoms with Gasteiger partial charge >= 0.3 is 6.18 Å². The first-order chi connectivity index (χ1) is 13.9. The Morgan fingerprint density at radius 1 is 0.897 bits per heavy atom. The lowest BCUT2D eigenvalue weighted by molar-refractivity contribution is -0.137. The van der Waals surface area contributed by atoms with Crippen LogP contribution in [-0.4, -0.2) is 11.6 Å². The number of carbonyl (C=O) groups excluding carboxylic acids is 1. The summed E-state index contributed by atoms with van der Waals surface area (Å²) in [4.78, 5) is 19.7. The molecule has 4 nitrogen and oxygen atoms in total. The van der Waals surface area contributed by atoms with Gasteiger partial charge in [-0.2, -0.15) is 13.2 Å². The predicted molar refractivity (Wildman–Crippen MR) is 103 cm³/mol. The smallest absolute Gasteiger partial charge is 0.390 e. The summed E-state index contributed by atoms with van der Waals surface area (Å²) in [5.41, 5.74) is 1.62. The van der Waals surface area contributed by atoms with Crippen LogP contribution in [0.25, 0.3) is 0 Å². The standard InChI is InChI=1S/C22H15F3N2O2/c23-22(24,25)16-8-6-7-15(13-16)14-29-26-20-18-11-4-5-12-19(18)27(21(20)28)17-9-2-1-3-10-17/h1-13H,14H2. The van der Waals surface area contributed by atoms with E-state index in [1.54, 1.807) is 30.3 Å². The number of halogens is 3. The van der Waals surface area contributed by atoms with Crippen molar-refractivity contribution in [3.8, 4) is 0 Å². The summed E-state index contributed by atoms with van der Waals surface area (Å²) >= 11 is 0. The zero-order chi connectivity index (χ0) is 20.4. The molecule has 0 saturated heterocycles. The van der Waals surface area contributed by atoms with Gasteiger partial charge in [0.25, 0.3) is 5.91 Å². The van der Waals surface area contributed by atoms with Crippen molar-refractivity contribution in [3.05, 3.63) is 95.6 Å². The van der Waals surface area contributed by atoms with E-state index in [1.807, 2.05) is 24.3 Å². The van der Waals surface area contributed by atoms with Gasteiger partial charge in [0.05, 0.1) is 11.3 Å². The summed E-state index contributed by atoms with van der Waals surface area (Å²) in [7, 11) is 0. The topological polar surface area (TPSA) is 41.9 Å². The number of hydrogen-bond acceptors (Lipinski definition) is 3. The summed E-state index contributed by atoms with van der Waals surface area (Å²) in [5, 5.41) is 3.95. The maximum Gasteiger partial charge on any atom is 0.416 e. The number of amides is 1. The number of nitrogens with zero attached hydrogens (tertiary/aromatic N) is 2. The minimum Gasteiger partial charge on any atom is -0.390 e. The van der Waals surface area contributed by atoms with E-state index in [9.17, 15) is 18.0 Å². The highest BCUT2D eigenvalue weighted by atomic mass is 19.4. The molecule has 1 aliphatic rings. The molecule has 0 aromatic heterocycles. The van der Waals surface area contributed by atoms with E-state index in [1.165, 1.54) is 17.0 Å². The average Bonchev–Trinajstić information content (AvgIpc) is 3.00. The Kier molecular flexibility index (Phi) is 4.80. The molecule has 0 fully saturated rings. The van der Waals surface area contributed by atoms with Gasteiger partial charge < -0.3 is 4.84 Å². The molecule has 0 unspecified atom stereocenters. The SMILES string of the molecule is O=C1C(=NOCc2cccc(C(F)(F)F)c2)c2ccccc2N1c1ccccc1. The highest BCUT2D eigenvalue weighted by molar-refractivity contribution is 6.55. The van der Waals surface area contributed by atoms with Crippen molar-refractivity contribution in [2.45, 2.75) is 12.8 Å². The summed E-state index contributed by atoms with van der Waals surface area (Å²) in [6.07, 6.45) is -4.43. The van der Waals surface area contributed by atoms with E-state index in [4.69, 9.17) is 4.84 Å². The van der Waals surface area contributed by atoms with Gasteiger partial charge in [-0.25, -0.2) is 0 Å². The monoisotopic (exact) mass is 396 g/mol. The molecule has 0 bridgehead atoms.